The van der Waals surface area contributed by atoms with E-state index < -0.39 is 111 Å². The molecule has 0 radical (unpaired) electrons. The zero-order valence-electron chi connectivity index (χ0n) is 30.0. The van der Waals surface area contributed by atoms with E-state index in [0.717, 1.165) is 6.07 Å². The third-order valence-electron chi connectivity index (χ3n) is 9.78. The number of aliphatic hydroxyl groups excluding tert-OH is 10. The maximum absolute atomic E-state index is 11.1. The van der Waals surface area contributed by atoms with Crippen LogP contribution in [-0.2, 0) is 18.9 Å². The Balaban J connectivity index is 1.39. The quantitative estimate of drug-likeness (QED) is 0.0861. The van der Waals surface area contributed by atoms with Crippen molar-refractivity contribution in [1.29, 1.82) is 0 Å². The highest BCUT2D eigenvalue weighted by molar-refractivity contribution is 5.89. The number of hydrogen-bond donors (Lipinski definition) is 12. The van der Waals surface area contributed by atoms with Gasteiger partial charge in [0.25, 0.3) is 0 Å². The van der Waals surface area contributed by atoms with Gasteiger partial charge in [0.05, 0.1) is 45.2 Å². The van der Waals surface area contributed by atoms with Gasteiger partial charge in [-0.2, -0.15) is 0 Å². The van der Waals surface area contributed by atoms with Gasteiger partial charge >= 0.3 is 11.3 Å². The Bertz CT molecular complexity index is 1800. The molecule has 15 unspecified atom stereocenters. The number of rotatable bonds is 11. The SMILES string of the molecule is COc1cc(-c2[o+]c3cc(O)cc(OC4OC(CO)C(O)C(O)C4O)c3cc2OC2OC(COC3OC(C)C(O)C(O)C3O)C(O)C(O)C2O)cc(OC)c1O. The molecule has 0 saturated carbocycles. The van der Waals surface area contributed by atoms with Crippen LogP contribution in [0.4, 0.5) is 0 Å². The van der Waals surface area contributed by atoms with Crippen molar-refractivity contribution in [2.45, 2.75) is 99.0 Å². The molecule has 21 nitrogen and oxygen atoms in total. The molecular weight excluding hydrogens is 756 g/mol. The summed E-state index contributed by atoms with van der Waals surface area (Å²) in [6.45, 7) is 0.0789. The van der Waals surface area contributed by atoms with Gasteiger partial charge in [-0.25, -0.2) is 4.42 Å². The van der Waals surface area contributed by atoms with Crippen LogP contribution in [0.15, 0.2) is 34.7 Å². The minimum Gasteiger partial charge on any atom is -0.507 e. The van der Waals surface area contributed by atoms with Gasteiger partial charge in [0.1, 0.15) is 84.0 Å². The van der Waals surface area contributed by atoms with Gasteiger partial charge in [0.2, 0.25) is 24.1 Å². The maximum atomic E-state index is 11.1. The molecule has 0 aliphatic carbocycles. The number of phenolic OH excluding ortho intramolecular Hbond substituents is 2. The van der Waals surface area contributed by atoms with Crippen molar-refractivity contribution in [1.82, 2.24) is 0 Å². The van der Waals surface area contributed by atoms with Crippen LogP contribution in [-0.4, -0.2) is 181 Å². The van der Waals surface area contributed by atoms with E-state index in [4.69, 9.17) is 42.3 Å². The summed E-state index contributed by atoms with van der Waals surface area (Å²) in [4.78, 5) is 0. The molecule has 12 N–H and O–H groups in total. The van der Waals surface area contributed by atoms with E-state index in [1.807, 2.05) is 0 Å². The van der Waals surface area contributed by atoms with E-state index >= 15 is 0 Å². The predicted octanol–water partition coefficient (Wildman–Crippen LogP) is -2.98. The molecule has 3 aliphatic heterocycles. The van der Waals surface area contributed by atoms with Crippen LogP contribution in [0.25, 0.3) is 22.3 Å². The fraction of sp³-hybridized carbons (Fsp3) is 0.571. The summed E-state index contributed by atoms with van der Waals surface area (Å²) in [7, 11) is 2.55. The minimum atomic E-state index is -1.94. The van der Waals surface area contributed by atoms with Crippen LogP contribution in [0.1, 0.15) is 6.92 Å². The van der Waals surface area contributed by atoms with Crippen molar-refractivity contribution >= 4 is 11.0 Å². The molecule has 3 aromatic rings. The predicted molar refractivity (Wildman–Crippen MR) is 183 cm³/mol. The number of aliphatic hydroxyl groups is 10. The molecule has 0 spiro atoms. The Morgan fingerprint density at radius 3 is 1.71 bits per heavy atom. The first-order valence-electron chi connectivity index (χ1n) is 17.3. The molecule has 3 saturated heterocycles. The van der Waals surface area contributed by atoms with Crippen molar-refractivity contribution in [3.05, 3.63) is 30.3 Å². The normalized spacial score (nSPS) is 36.3. The van der Waals surface area contributed by atoms with Crippen LogP contribution >= 0.6 is 0 Å². The van der Waals surface area contributed by atoms with Crippen LogP contribution in [0, 0.1) is 0 Å². The van der Waals surface area contributed by atoms with Crippen molar-refractivity contribution < 1.29 is 104 Å². The summed E-state index contributed by atoms with van der Waals surface area (Å²) in [5, 5.41) is 125. The second kappa shape index (κ2) is 16.9. The average Bonchev–Trinajstić information content (AvgIpc) is 3.18. The average molecular weight is 802 g/mol. The second-order valence-corrected chi connectivity index (χ2v) is 13.5. The van der Waals surface area contributed by atoms with Gasteiger partial charge in [-0.05, 0) is 6.92 Å². The fourth-order valence-corrected chi connectivity index (χ4v) is 6.49. The lowest BCUT2D eigenvalue weighted by Gasteiger charge is -2.42. The lowest BCUT2D eigenvalue weighted by molar-refractivity contribution is -0.318. The Morgan fingerprint density at radius 2 is 1.12 bits per heavy atom. The molecule has 15 atom stereocenters. The standard InChI is InChI=1S/C35H44O21/c1-11-22(38)26(42)29(45)33(51-11)50-10-21-25(41)28(44)31(47)35(56-21)54-19-8-14-15(52-32(19)12-4-17(48-2)23(39)18(5-12)49-3)6-13(37)7-16(14)53-34-30(46)27(43)24(40)20(9-36)55-34/h4-8,11,20-22,24-31,33-36,38,40-47H,9-10H2,1-3H3,(H-,37,39)/p+1. The molecule has 3 aliphatic rings. The Kier molecular flexibility index (Phi) is 12.6. The Morgan fingerprint density at radius 1 is 0.589 bits per heavy atom. The number of hydrogen-bond acceptors (Lipinski definition) is 20. The van der Waals surface area contributed by atoms with Gasteiger partial charge in [0.15, 0.2) is 17.8 Å². The topological polar surface area (TPSA) is 328 Å². The highest BCUT2D eigenvalue weighted by Crippen LogP contribution is 2.46. The van der Waals surface area contributed by atoms with E-state index in [9.17, 15) is 61.3 Å². The van der Waals surface area contributed by atoms with Crippen molar-refractivity contribution in [2.24, 2.45) is 0 Å². The molecular formula is C35H45O21+. The van der Waals surface area contributed by atoms with Gasteiger partial charge in [-0.3, -0.25) is 0 Å². The Hall–Kier alpha value is -3.91. The number of ether oxygens (including phenoxy) is 8. The first kappa shape index (κ1) is 41.7. The van der Waals surface area contributed by atoms with Crippen molar-refractivity contribution in [2.75, 3.05) is 27.4 Å². The van der Waals surface area contributed by atoms with Gasteiger partial charge in [-0.1, -0.05) is 0 Å². The molecule has 4 heterocycles. The van der Waals surface area contributed by atoms with Crippen molar-refractivity contribution in [3.63, 3.8) is 0 Å². The van der Waals surface area contributed by atoms with Gasteiger partial charge < -0.3 is 99.2 Å². The van der Waals surface area contributed by atoms with Gasteiger partial charge in [0, 0.05) is 24.3 Å². The molecule has 2 aromatic carbocycles. The minimum absolute atomic E-state index is 0.000263. The van der Waals surface area contributed by atoms with Crippen molar-refractivity contribution in [3.8, 4) is 45.8 Å². The summed E-state index contributed by atoms with van der Waals surface area (Å²) in [6, 6.07) is 6.21. The molecule has 6 rings (SSSR count). The van der Waals surface area contributed by atoms with Crippen LogP contribution in [0.2, 0.25) is 0 Å². The number of methoxy groups -OCH3 is 2. The van der Waals surface area contributed by atoms with E-state index in [2.05, 4.69) is 0 Å². The van der Waals surface area contributed by atoms with Crippen LogP contribution in [0.5, 0.6) is 34.5 Å². The van der Waals surface area contributed by atoms with Gasteiger partial charge in [-0.15, -0.1) is 0 Å². The molecule has 1 aromatic heterocycles. The molecule has 0 amide bonds. The Labute approximate surface area is 317 Å². The lowest BCUT2D eigenvalue weighted by Crippen LogP contribution is -2.61. The third-order valence-corrected chi connectivity index (χ3v) is 9.78. The maximum Gasteiger partial charge on any atom is 0.402 e. The number of aromatic hydroxyl groups is 2. The fourth-order valence-electron chi connectivity index (χ4n) is 6.49. The first-order valence-corrected chi connectivity index (χ1v) is 17.3. The summed E-state index contributed by atoms with van der Waals surface area (Å²) < 4.78 is 51.0. The van der Waals surface area contributed by atoms with E-state index in [1.54, 1.807) is 0 Å². The highest BCUT2D eigenvalue weighted by atomic mass is 16.7. The summed E-state index contributed by atoms with van der Waals surface area (Å²) in [5.74, 6) is -1.65. The second-order valence-electron chi connectivity index (χ2n) is 13.5. The number of benzene rings is 2. The molecule has 0 bridgehead atoms. The third kappa shape index (κ3) is 7.97. The summed E-state index contributed by atoms with van der Waals surface area (Å²) in [6.07, 6.45) is -24.5. The molecule has 3 fully saturated rings. The molecule has 56 heavy (non-hydrogen) atoms. The largest absolute Gasteiger partial charge is 0.507 e. The highest BCUT2D eigenvalue weighted by Gasteiger charge is 2.49. The molecule has 310 valence electrons. The zero-order valence-corrected chi connectivity index (χ0v) is 30.0. The van der Waals surface area contributed by atoms with E-state index in [1.165, 1.54) is 45.4 Å². The molecule has 21 heteroatoms. The first-order chi connectivity index (χ1) is 26.6. The zero-order chi connectivity index (χ0) is 40.7. The van der Waals surface area contributed by atoms with Crippen LogP contribution < -0.4 is 18.9 Å². The van der Waals surface area contributed by atoms with E-state index in [-0.39, 0.29) is 51.0 Å². The lowest BCUT2D eigenvalue weighted by atomic mass is 9.98. The smallest absolute Gasteiger partial charge is 0.402 e. The summed E-state index contributed by atoms with van der Waals surface area (Å²) in [5.41, 5.74) is 0.0228. The summed E-state index contributed by atoms with van der Waals surface area (Å²) >= 11 is 0. The number of fused-ring (bicyclic) bond motifs is 1. The van der Waals surface area contributed by atoms with E-state index in [0.29, 0.717) is 0 Å². The van der Waals surface area contributed by atoms with Crippen LogP contribution in [0.3, 0.4) is 0 Å². The monoisotopic (exact) mass is 801 g/mol. The number of phenols is 2.